The summed E-state index contributed by atoms with van der Waals surface area (Å²) in [6.07, 6.45) is 2.99. The summed E-state index contributed by atoms with van der Waals surface area (Å²) < 4.78 is 4.91. The van der Waals surface area contributed by atoms with E-state index in [4.69, 9.17) is 4.74 Å². The Hall–Kier alpha value is -2.57. The van der Waals surface area contributed by atoms with E-state index in [2.05, 4.69) is 15.2 Å². The molecule has 1 amide bonds. The van der Waals surface area contributed by atoms with Gasteiger partial charge in [-0.05, 0) is 6.42 Å². The van der Waals surface area contributed by atoms with Crippen molar-refractivity contribution in [3.63, 3.8) is 0 Å². The van der Waals surface area contributed by atoms with Gasteiger partial charge in [0, 0.05) is 43.0 Å². The third-order valence-corrected chi connectivity index (χ3v) is 3.97. The van der Waals surface area contributed by atoms with Gasteiger partial charge in [0.25, 0.3) is 5.91 Å². The minimum atomic E-state index is -0.306. The molecule has 2 N–H and O–H groups in total. The van der Waals surface area contributed by atoms with Crippen LogP contribution in [0.1, 0.15) is 34.4 Å². The largest absolute Gasteiger partial charge is 0.491 e. The molecule has 7 heteroatoms. The Morgan fingerprint density at radius 3 is 3.00 bits per heavy atom. The molecule has 0 unspecified atom stereocenters. The predicted octanol–water partition coefficient (Wildman–Crippen LogP) is 0.867. The van der Waals surface area contributed by atoms with Crippen molar-refractivity contribution in [3.8, 4) is 5.75 Å². The summed E-state index contributed by atoms with van der Waals surface area (Å²) in [5, 5.41) is 7.32. The smallest absolute Gasteiger partial charge is 0.270 e. The lowest BCUT2D eigenvalue weighted by atomic mass is 10.0. The first-order valence-electron chi connectivity index (χ1n) is 7.25. The molecule has 0 atom stereocenters. The monoisotopic (exact) mass is 302 g/mol. The van der Waals surface area contributed by atoms with E-state index in [1.54, 1.807) is 4.90 Å². The molecular weight excluding hydrogens is 284 g/mol. The van der Waals surface area contributed by atoms with E-state index in [1.807, 2.05) is 6.92 Å². The molecule has 3 heterocycles. The lowest BCUT2D eigenvalue weighted by molar-refractivity contribution is 0.0727. The minimum absolute atomic E-state index is 0.186. The molecule has 2 aromatic heterocycles. The van der Waals surface area contributed by atoms with Gasteiger partial charge in [0.15, 0.2) is 5.75 Å². The molecule has 0 radical (unpaired) electrons. The van der Waals surface area contributed by atoms with Crippen LogP contribution in [0.15, 0.2) is 17.1 Å². The van der Waals surface area contributed by atoms with Gasteiger partial charge in [0.2, 0.25) is 5.43 Å². The van der Waals surface area contributed by atoms with Gasteiger partial charge in [0.05, 0.1) is 12.8 Å². The summed E-state index contributed by atoms with van der Waals surface area (Å²) in [6.45, 7) is 3.16. The van der Waals surface area contributed by atoms with Gasteiger partial charge in [-0.25, -0.2) is 0 Å². The Kier molecular flexibility index (Phi) is 3.70. The summed E-state index contributed by atoms with van der Waals surface area (Å²) in [7, 11) is 1.42. The maximum Gasteiger partial charge on any atom is 0.270 e. The highest BCUT2D eigenvalue weighted by atomic mass is 16.5. The molecule has 3 rings (SSSR count). The molecule has 0 spiro atoms. The van der Waals surface area contributed by atoms with Crippen LogP contribution in [-0.2, 0) is 19.4 Å². The molecule has 22 heavy (non-hydrogen) atoms. The zero-order valence-corrected chi connectivity index (χ0v) is 12.6. The third-order valence-electron chi connectivity index (χ3n) is 3.97. The van der Waals surface area contributed by atoms with Crippen LogP contribution < -0.4 is 10.2 Å². The number of aryl methyl sites for hydroxylation is 1. The molecule has 0 saturated carbocycles. The number of hydrogen-bond acceptors (Lipinski definition) is 4. The molecule has 2 aromatic rings. The Balaban J connectivity index is 1.84. The molecule has 7 nitrogen and oxygen atoms in total. The standard InChI is InChI=1S/C15H18N4O3/c1-3-10-9-8-19(5-4-11(9)18-17-10)15(21)12-6-13(20)14(22-2)7-16-12/h6-7H,3-5,8H2,1-2H3,(H,16,20)(H,17,18). The predicted molar refractivity (Wildman–Crippen MR) is 80.0 cm³/mol. The quantitative estimate of drug-likeness (QED) is 0.880. The molecule has 0 aromatic carbocycles. The topological polar surface area (TPSA) is 91.1 Å². The fourth-order valence-corrected chi connectivity index (χ4v) is 2.73. The van der Waals surface area contributed by atoms with E-state index in [-0.39, 0.29) is 22.8 Å². The summed E-state index contributed by atoms with van der Waals surface area (Å²) >= 11 is 0. The highest BCUT2D eigenvalue weighted by molar-refractivity contribution is 5.92. The van der Waals surface area contributed by atoms with Crippen LogP contribution >= 0.6 is 0 Å². The van der Waals surface area contributed by atoms with Gasteiger partial charge in [-0.1, -0.05) is 6.92 Å². The molecular formula is C15H18N4O3. The van der Waals surface area contributed by atoms with E-state index in [9.17, 15) is 9.59 Å². The van der Waals surface area contributed by atoms with Crippen LogP contribution in [0.3, 0.4) is 0 Å². The maximum absolute atomic E-state index is 12.6. The van der Waals surface area contributed by atoms with Crippen molar-refractivity contribution in [2.24, 2.45) is 0 Å². The second kappa shape index (κ2) is 5.67. The van der Waals surface area contributed by atoms with Crippen molar-refractivity contribution < 1.29 is 9.53 Å². The molecule has 0 bridgehead atoms. The summed E-state index contributed by atoms with van der Waals surface area (Å²) in [5.41, 5.74) is 3.16. The molecule has 0 fully saturated rings. The number of fused-ring (bicyclic) bond motifs is 1. The molecule has 0 saturated heterocycles. The van der Waals surface area contributed by atoms with Crippen molar-refractivity contribution in [3.05, 3.63) is 45.1 Å². The average Bonchev–Trinajstić information content (AvgIpc) is 2.96. The normalized spacial score (nSPS) is 13.8. The number of rotatable bonds is 3. The highest BCUT2D eigenvalue weighted by Gasteiger charge is 2.26. The number of H-pyrrole nitrogens is 2. The second-order valence-corrected chi connectivity index (χ2v) is 5.24. The van der Waals surface area contributed by atoms with Crippen LogP contribution in [-0.4, -0.2) is 39.6 Å². The number of carbonyl (C=O) groups excluding carboxylic acids is 1. The summed E-state index contributed by atoms with van der Waals surface area (Å²) in [4.78, 5) is 28.9. The Bertz CT molecular complexity index is 749. The highest BCUT2D eigenvalue weighted by Crippen LogP contribution is 2.21. The average molecular weight is 302 g/mol. The van der Waals surface area contributed by atoms with E-state index in [0.29, 0.717) is 13.1 Å². The SMILES string of the molecule is CCc1n[nH]c2c1CN(C(=O)c1cc(=O)c(OC)c[nH]1)CC2. The van der Waals surface area contributed by atoms with E-state index < -0.39 is 0 Å². The van der Waals surface area contributed by atoms with E-state index >= 15 is 0 Å². The van der Waals surface area contributed by atoms with Crippen LogP contribution in [0, 0.1) is 0 Å². The van der Waals surface area contributed by atoms with Crippen LogP contribution in [0.25, 0.3) is 0 Å². The van der Waals surface area contributed by atoms with Crippen molar-refractivity contribution >= 4 is 5.91 Å². The molecule has 116 valence electrons. The van der Waals surface area contributed by atoms with Gasteiger partial charge in [-0.2, -0.15) is 5.10 Å². The summed E-state index contributed by atoms with van der Waals surface area (Å²) in [5.74, 6) is 0.00856. The number of amides is 1. The van der Waals surface area contributed by atoms with Crippen molar-refractivity contribution in [1.29, 1.82) is 0 Å². The number of aromatic amines is 2. The second-order valence-electron chi connectivity index (χ2n) is 5.24. The zero-order valence-electron chi connectivity index (χ0n) is 12.6. The Morgan fingerprint density at radius 1 is 1.50 bits per heavy atom. The van der Waals surface area contributed by atoms with Crippen molar-refractivity contribution in [2.75, 3.05) is 13.7 Å². The minimum Gasteiger partial charge on any atom is -0.491 e. The number of aromatic nitrogens is 3. The van der Waals surface area contributed by atoms with Gasteiger partial charge in [0.1, 0.15) is 5.69 Å². The first-order chi connectivity index (χ1) is 10.6. The number of carbonyl (C=O) groups is 1. The number of methoxy groups -OCH3 is 1. The van der Waals surface area contributed by atoms with Gasteiger partial charge in [-0.3, -0.25) is 14.7 Å². The lowest BCUT2D eigenvalue weighted by Crippen LogP contribution is -2.37. The first-order valence-corrected chi connectivity index (χ1v) is 7.25. The molecule has 1 aliphatic heterocycles. The third kappa shape index (κ3) is 2.38. The maximum atomic E-state index is 12.6. The van der Waals surface area contributed by atoms with Gasteiger partial charge >= 0.3 is 0 Å². The van der Waals surface area contributed by atoms with Crippen LogP contribution in [0.5, 0.6) is 5.75 Å². The molecule has 1 aliphatic rings. The lowest BCUT2D eigenvalue weighted by Gasteiger charge is -2.27. The van der Waals surface area contributed by atoms with Gasteiger partial charge < -0.3 is 14.6 Å². The fraction of sp³-hybridized carbons (Fsp3) is 0.400. The summed E-state index contributed by atoms with van der Waals surface area (Å²) in [6, 6.07) is 1.28. The number of nitrogens with one attached hydrogen (secondary N) is 2. The van der Waals surface area contributed by atoms with Crippen molar-refractivity contribution in [1.82, 2.24) is 20.1 Å². The van der Waals surface area contributed by atoms with E-state index in [0.717, 1.165) is 29.8 Å². The number of pyridine rings is 1. The fourth-order valence-electron chi connectivity index (χ4n) is 2.73. The first kappa shape index (κ1) is 14.4. The molecule has 0 aliphatic carbocycles. The van der Waals surface area contributed by atoms with E-state index in [1.165, 1.54) is 19.4 Å². The zero-order chi connectivity index (χ0) is 15.7. The Labute approximate surface area is 127 Å². The van der Waals surface area contributed by atoms with Crippen LogP contribution in [0.2, 0.25) is 0 Å². The van der Waals surface area contributed by atoms with Crippen molar-refractivity contribution in [2.45, 2.75) is 26.3 Å². The van der Waals surface area contributed by atoms with Crippen LogP contribution in [0.4, 0.5) is 0 Å². The Morgan fingerprint density at radius 2 is 2.32 bits per heavy atom. The van der Waals surface area contributed by atoms with Gasteiger partial charge in [-0.15, -0.1) is 0 Å². The number of ether oxygens (including phenoxy) is 1. The number of hydrogen-bond donors (Lipinski definition) is 2. The number of nitrogens with zero attached hydrogens (tertiary/aromatic N) is 2.